The Bertz CT molecular complexity index is 637. The largest absolute Gasteiger partial charge is 0.497 e. The first kappa shape index (κ1) is 10.6. The molecule has 0 bridgehead atoms. The zero-order valence-electron chi connectivity index (χ0n) is 9.62. The Hall–Kier alpha value is -2.56. The number of hydrogen-bond donors (Lipinski definition) is 0. The van der Waals surface area contributed by atoms with E-state index in [0.717, 1.165) is 11.3 Å². The SMILES string of the molecule is COc1ccc(C2=NC(=O)C3=CC=NC3=N2)cc1. The molecule has 18 heavy (non-hydrogen) atoms. The summed E-state index contributed by atoms with van der Waals surface area (Å²) in [5, 5.41) is 0. The molecule has 2 heterocycles. The van der Waals surface area contributed by atoms with E-state index in [-0.39, 0.29) is 5.91 Å². The minimum Gasteiger partial charge on any atom is -0.497 e. The second-order valence-electron chi connectivity index (χ2n) is 3.76. The van der Waals surface area contributed by atoms with Crippen LogP contribution in [0.5, 0.6) is 5.75 Å². The molecule has 0 spiro atoms. The number of aliphatic imine (C=N–C) groups is 3. The fourth-order valence-corrected chi connectivity index (χ4v) is 1.73. The Labute approximate surface area is 103 Å². The summed E-state index contributed by atoms with van der Waals surface area (Å²) in [6.07, 6.45) is 3.17. The lowest BCUT2D eigenvalue weighted by Crippen LogP contribution is -2.17. The smallest absolute Gasteiger partial charge is 0.282 e. The Kier molecular flexibility index (Phi) is 2.37. The lowest BCUT2D eigenvalue weighted by molar-refractivity contribution is -0.113. The number of amidine groups is 2. The summed E-state index contributed by atoms with van der Waals surface area (Å²) in [4.78, 5) is 24.0. The van der Waals surface area contributed by atoms with Crippen molar-refractivity contribution in [1.82, 2.24) is 0 Å². The molecular weight excluding hydrogens is 230 g/mol. The number of methoxy groups -OCH3 is 1. The molecule has 0 saturated carbocycles. The molecule has 88 valence electrons. The number of amides is 1. The molecule has 0 unspecified atom stereocenters. The molecule has 0 saturated heterocycles. The van der Waals surface area contributed by atoms with Crippen LogP contribution in [0.15, 0.2) is 50.9 Å². The third kappa shape index (κ3) is 1.66. The van der Waals surface area contributed by atoms with E-state index in [9.17, 15) is 4.79 Å². The number of allylic oxidation sites excluding steroid dienone is 1. The van der Waals surface area contributed by atoms with Gasteiger partial charge in [0, 0.05) is 11.8 Å². The Balaban J connectivity index is 2.00. The average Bonchev–Trinajstić information content (AvgIpc) is 2.88. The second kappa shape index (κ2) is 4.03. The van der Waals surface area contributed by atoms with Crippen molar-refractivity contribution >= 4 is 23.8 Å². The Morgan fingerprint density at radius 1 is 1.06 bits per heavy atom. The van der Waals surface area contributed by atoms with Crippen molar-refractivity contribution in [2.45, 2.75) is 0 Å². The second-order valence-corrected chi connectivity index (χ2v) is 3.76. The fraction of sp³-hybridized carbons (Fsp3) is 0.0769. The predicted octanol–water partition coefficient (Wildman–Crippen LogP) is 1.39. The maximum Gasteiger partial charge on any atom is 0.282 e. The zero-order valence-corrected chi connectivity index (χ0v) is 9.62. The van der Waals surface area contributed by atoms with Crippen LogP contribution in [0.4, 0.5) is 0 Å². The van der Waals surface area contributed by atoms with Crippen LogP contribution >= 0.6 is 0 Å². The van der Waals surface area contributed by atoms with Gasteiger partial charge in [-0.3, -0.25) is 4.79 Å². The molecule has 0 aliphatic carbocycles. The van der Waals surface area contributed by atoms with Crippen molar-refractivity contribution in [3.8, 4) is 5.75 Å². The Morgan fingerprint density at radius 2 is 1.83 bits per heavy atom. The number of ether oxygens (including phenoxy) is 1. The molecule has 5 heteroatoms. The molecule has 1 amide bonds. The summed E-state index contributed by atoms with van der Waals surface area (Å²) < 4.78 is 5.07. The summed E-state index contributed by atoms with van der Waals surface area (Å²) >= 11 is 0. The van der Waals surface area contributed by atoms with Crippen LogP contribution in [-0.2, 0) is 4.79 Å². The monoisotopic (exact) mass is 239 g/mol. The van der Waals surface area contributed by atoms with E-state index in [4.69, 9.17) is 4.74 Å². The molecule has 0 radical (unpaired) electrons. The highest BCUT2D eigenvalue weighted by molar-refractivity contribution is 6.34. The minimum absolute atomic E-state index is 0.302. The normalized spacial score (nSPS) is 16.9. The van der Waals surface area contributed by atoms with Gasteiger partial charge in [-0.1, -0.05) is 0 Å². The van der Waals surface area contributed by atoms with Crippen molar-refractivity contribution in [2.24, 2.45) is 15.0 Å². The van der Waals surface area contributed by atoms with E-state index in [1.807, 2.05) is 12.1 Å². The molecule has 0 atom stereocenters. The molecule has 1 aromatic carbocycles. The number of rotatable bonds is 2. The minimum atomic E-state index is -0.302. The molecule has 0 N–H and O–H groups in total. The van der Waals surface area contributed by atoms with Crippen LogP contribution in [0, 0.1) is 0 Å². The quantitative estimate of drug-likeness (QED) is 0.782. The number of nitrogens with zero attached hydrogens (tertiary/aromatic N) is 3. The maximum atomic E-state index is 11.7. The lowest BCUT2D eigenvalue weighted by Gasteiger charge is -2.09. The van der Waals surface area contributed by atoms with E-state index in [2.05, 4.69) is 15.0 Å². The molecule has 1 aromatic rings. The van der Waals surface area contributed by atoms with Crippen LogP contribution in [0.1, 0.15) is 5.56 Å². The number of carbonyl (C=O) groups excluding carboxylic acids is 1. The fourth-order valence-electron chi connectivity index (χ4n) is 1.73. The van der Waals surface area contributed by atoms with E-state index in [1.54, 1.807) is 31.5 Å². The van der Waals surface area contributed by atoms with Crippen LogP contribution < -0.4 is 4.74 Å². The van der Waals surface area contributed by atoms with Crippen molar-refractivity contribution < 1.29 is 9.53 Å². The predicted molar refractivity (Wildman–Crippen MR) is 68.5 cm³/mol. The first-order chi connectivity index (χ1) is 8.78. The van der Waals surface area contributed by atoms with Gasteiger partial charge < -0.3 is 4.74 Å². The topological polar surface area (TPSA) is 63.4 Å². The number of benzene rings is 1. The van der Waals surface area contributed by atoms with E-state index in [0.29, 0.717) is 17.2 Å². The van der Waals surface area contributed by atoms with Gasteiger partial charge in [0.25, 0.3) is 5.91 Å². The third-order valence-corrected chi connectivity index (χ3v) is 2.68. The van der Waals surface area contributed by atoms with Gasteiger partial charge in [-0.25, -0.2) is 9.98 Å². The van der Waals surface area contributed by atoms with Crippen LogP contribution in [-0.4, -0.2) is 30.9 Å². The molecule has 2 aliphatic rings. The van der Waals surface area contributed by atoms with E-state index >= 15 is 0 Å². The van der Waals surface area contributed by atoms with Gasteiger partial charge in [-0.15, -0.1) is 0 Å². The third-order valence-electron chi connectivity index (χ3n) is 2.68. The standard InChI is InChI=1S/C13H9N3O2/c1-18-9-4-2-8(3-5-9)11-15-12-10(6-7-14-12)13(17)16-11/h2-7H,1H3. The first-order valence-electron chi connectivity index (χ1n) is 5.39. The van der Waals surface area contributed by atoms with Gasteiger partial charge in [-0.05, 0) is 30.3 Å². The highest BCUT2D eigenvalue weighted by Crippen LogP contribution is 2.18. The van der Waals surface area contributed by atoms with Gasteiger partial charge in [0.15, 0.2) is 11.7 Å². The van der Waals surface area contributed by atoms with Gasteiger partial charge in [-0.2, -0.15) is 4.99 Å². The van der Waals surface area contributed by atoms with Crippen LogP contribution in [0.3, 0.4) is 0 Å². The maximum absolute atomic E-state index is 11.7. The molecule has 0 fully saturated rings. The first-order valence-corrected chi connectivity index (χ1v) is 5.39. The van der Waals surface area contributed by atoms with E-state index < -0.39 is 0 Å². The van der Waals surface area contributed by atoms with Gasteiger partial charge in [0.05, 0.1) is 12.7 Å². The van der Waals surface area contributed by atoms with Gasteiger partial charge in [0.2, 0.25) is 0 Å². The molecule has 3 rings (SSSR count). The summed E-state index contributed by atoms with van der Waals surface area (Å²) in [6.45, 7) is 0. The number of fused-ring (bicyclic) bond motifs is 1. The average molecular weight is 239 g/mol. The summed E-state index contributed by atoms with van der Waals surface area (Å²) in [5.74, 6) is 1.26. The molecular formula is C13H9N3O2. The lowest BCUT2D eigenvalue weighted by atomic mass is 10.1. The van der Waals surface area contributed by atoms with Gasteiger partial charge in [0.1, 0.15) is 5.75 Å². The highest BCUT2D eigenvalue weighted by atomic mass is 16.5. The summed E-state index contributed by atoms with van der Waals surface area (Å²) in [5.41, 5.74) is 1.21. The van der Waals surface area contributed by atoms with E-state index in [1.165, 1.54) is 0 Å². The van der Waals surface area contributed by atoms with Gasteiger partial charge >= 0.3 is 0 Å². The van der Waals surface area contributed by atoms with Crippen molar-refractivity contribution in [3.63, 3.8) is 0 Å². The zero-order chi connectivity index (χ0) is 12.5. The van der Waals surface area contributed by atoms with Crippen molar-refractivity contribution in [3.05, 3.63) is 41.5 Å². The summed E-state index contributed by atoms with van der Waals surface area (Å²) in [7, 11) is 1.60. The Morgan fingerprint density at radius 3 is 2.56 bits per heavy atom. The van der Waals surface area contributed by atoms with Crippen LogP contribution in [0.25, 0.3) is 0 Å². The molecule has 2 aliphatic heterocycles. The van der Waals surface area contributed by atoms with Crippen molar-refractivity contribution in [2.75, 3.05) is 7.11 Å². The summed E-state index contributed by atoms with van der Waals surface area (Å²) in [6, 6.07) is 7.21. The molecule has 5 nitrogen and oxygen atoms in total. The molecule has 0 aromatic heterocycles. The highest BCUT2D eigenvalue weighted by Gasteiger charge is 2.24. The van der Waals surface area contributed by atoms with Crippen LogP contribution in [0.2, 0.25) is 0 Å². The number of hydrogen-bond acceptors (Lipinski definition) is 4. The number of carbonyl (C=O) groups is 1. The van der Waals surface area contributed by atoms with Crippen molar-refractivity contribution in [1.29, 1.82) is 0 Å².